The Hall–Kier alpha value is -2.16. The molecule has 0 N–H and O–H groups in total. The molecule has 0 spiro atoms. The highest BCUT2D eigenvalue weighted by Gasteiger charge is 2.39. The zero-order valence-electron chi connectivity index (χ0n) is 15.2. The van der Waals surface area contributed by atoms with Crippen LogP contribution in [0.3, 0.4) is 0 Å². The first-order chi connectivity index (χ1) is 11.1. The SMILES string of the molecule is CC1(C)c2ccc(o2)C(C)(C)c2ccc(o2)C(C)(C)c2ccc1o2. The predicted molar refractivity (Wildman–Crippen MR) is 92.5 cm³/mol. The van der Waals surface area contributed by atoms with Crippen molar-refractivity contribution in [2.24, 2.45) is 0 Å². The summed E-state index contributed by atoms with van der Waals surface area (Å²) in [5.41, 5.74) is -0.987. The molecule has 0 aromatic carbocycles. The van der Waals surface area contributed by atoms with E-state index in [1.54, 1.807) is 0 Å². The van der Waals surface area contributed by atoms with Gasteiger partial charge in [-0.1, -0.05) is 0 Å². The summed E-state index contributed by atoms with van der Waals surface area (Å²) < 4.78 is 18.8. The molecule has 3 heteroatoms. The van der Waals surface area contributed by atoms with Crippen molar-refractivity contribution in [2.75, 3.05) is 0 Å². The summed E-state index contributed by atoms with van der Waals surface area (Å²) in [6, 6.07) is 12.3. The van der Waals surface area contributed by atoms with Crippen molar-refractivity contribution in [3.63, 3.8) is 0 Å². The van der Waals surface area contributed by atoms with Gasteiger partial charge in [0.15, 0.2) is 0 Å². The van der Waals surface area contributed by atoms with Crippen LogP contribution in [0.4, 0.5) is 0 Å². The van der Waals surface area contributed by atoms with Crippen LogP contribution in [-0.2, 0) is 16.2 Å². The summed E-state index contributed by atoms with van der Waals surface area (Å²) in [7, 11) is 0. The van der Waals surface area contributed by atoms with Crippen LogP contribution >= 0.6 is 0 Å². The second-order valence-electron chi connectivity index (χ2n) is 8.37. The fourth-order valence-corrected chi connectivity index (χ4v) is 3.39. The molecule has 126 valence electrons. The average Bonchev–Trinajstić information content (AvgIpc) is 3.24. The highest BCUT2D eigenvalue weighted by atomic mass is 16.4. The molecule has 0 fully saturated rings. The fraction of sp³-hybridized carbons (Fsp3) is 0.429. The van der Waals surface area contributed by atoms with Crippen LogP contribution in [0.15, 0.2) is 49.6 Å². The number of furan rings is 3. The van der Waals surface area contributed by atoms with Crippen LogP contribution in [-0.4, -0.2) is 0 Å². The van der Waals surface area contributed by atoms with Crippen LogP contribution in [0.25, 0.3) is 0 Å². The van der Waals surface area contributed by atoms with E-state index in [9.17, 15) is 0 Å². The number of hydrogen-bond donors (Lipinski definition) is 0. The molecule has 0 saturated heterocycles. The second-order valence-corrected chi connectivity index (χ2v) is 8.37. The standard InChI is InChI=1S/C21H24O3/c1-19(2)13-7-9-15(22-13)20(3,4)17-11-12-18(24-17)21(5,6)16-10-8-14(19)23-16/h7-12H,1-6H3. The summed E-state index contributed by atoms with van der Waals surface area (Å²) in [6.45, 7) is 12.8. The molecule has 0 atom stereocenters. The zero-order chi connectivity index (χ0) is 17.3. The number of fused-ring (bicyclic) bond motifs is 6. The highest BCUT2D eigenvalue weighted by Crippen LogP contribution is 2.43. The lowest BCUT2D eigenvalue weighted by Crippen LogP contribution is -2.21. The summed E-state index contributed by atoms with van der Waals surface area (Å²) >= 11 is 0. The molecular formula is C21H24O3. The van der Waals surface area contributed by atoms with E-state index in [-0.39, 0.29) is 16.2 Å². The van der Waals surface area contributed by atoms with E-state index in [0.717, 1.165) is 34.6 Å². The van der Waals surface area contributed by atoms with Gasteiger partial charge in [-0.2, -0.15) is 0 Å². The minimum absolute atomic E-state index is 0.329. The summed E-state index contributed by atoms with van der Waals surface area (Å²) in [5, 5.41) is 0. The quantitative estimate of drug-likeness (QED) is 0.528. The molecule has 4 rings (SSSR count). The summed E-state index contributed by atoms with van der Waals surface area (Å²) in [4.78, 5) is 0. The van der Waals surface area contributed by atoms with Crippen LogP contribution in [0.1, 0.15) is 76.1 Å². The van der Waals surface area contributed by atoms with Crippen molar-refractivity contribution < 1.29 is 13.3 Å². The van der Waals surface area contributed by atoms with Gasteiger partial charge in [-0.15, -0.1) is 0 Å². The van der Waals surface area contributed by atoms with Crippen molar-refractivity contribution in [3.8, 4) is 0 Å². The van der Waals surface area contributed by atoms with Crippen molar-refractivity contribution in [3.05, 3.63) is 71.0 Å². The smallest absolute Gasteiger partial charge is 0.117 e. The summed E-state index contributed by atoms with van der Waals surface area (Å²) in [5.74, 6) is 5.40. The molecule has 4 heterocycles. The lowest BCUT2D eigenvalue weighted by molar-refractivity contribution is 0.272. The largest absolute Gasteiger partial charge is 0.464 e. The van der Waals surface area contributed by atoms with E-state index in [1.165, 1.54) is 0 Å². The van der Waals surface area contributed by atoms with Crippen molar-refractivity contribution in [1.82, 2.24) is 0 Å². The Labute approximate surface area is 142 Å². The van der Waals surface area contributed by atoms with Gasteiger partial charge in [0.2, 0.25) is 0 Å². The van der Waals surface area contributed by atoms with Gasteiger partial charge in [0.05, 0.1) is 16.2 Å². The van der Waals surface area contributed by atoms with Crippen LogP contribution in [0.5, 0.6) is 0 Å². The molecule has 0 saturated carbocycles. The minimum Gasteiger partial charge on any atom is -0.464 e. The van der Waals surface area contributed by atoms with E-state index < -0.39 is 0 Å². The Bertz CT molecular complexity index is 718. The molecule has 3 aromatic heterocycles. The third kappa shape index (κ3) is 1.90. The van der Waals surface area contributed by atoms with Crippen molar-refractivity contribution in [2.45, 2.75) is 57.8 Å². The lowest BCUT2D eigenvalue weighted by Gasteiger charge is -2.25. The Balaban J connectivity index is 2.04. The first-order valence-corrected chi connectivity index (χ1v) is 8.46. The van der Waals surface area contributed by atoms with Gasteiger partial charge in [0, 0.05) is 0 Å². The molecular weight excluding hydrogens is 300 g/mol. The van der Waals surface area contributed by atoms with E-state index in [1.807, 2.05) is 36.4 Å². The minimum atomic E-state index is -0.329. The molecule has 24 heavy (non-hydrogen) atoms. The third-order valence-electron chi connectivity index (χ3n) is 5.51. The van der Waals surface area contributed by atoms with Gasteiger partial charge in [0.1, 0.15) is 34.6 Å². The van der Waals surface area contributed by atoms with E-state index in [2.05, 4.69) is 41.5 Å². The van der Waals surface area contributed by atoms with Gasteiger partial charge in [0.25, 0.3) is 0 Å². The molecule has 1 aliphatic heterocycles. The van der Waals surface area contributed by atoms with E-state index in [4.69, 9.17) is 13.3 Å². The summed E-state index contributed by atoms with van der Waals surface area (Å²) in [6.07, 6.45) is 0. The average molecular weight is 324 g/mol. The first kappa shape index (κ1) is 15.4. The molecule has 0 aliphatic carbocycles. The van der Waals surface area contributed by atoms with Gasteiger partial charge >= 0.3 is 0 Å². The van der Waals surface area contributed by atoms with Gasteiger partial charge in [-0.05, 0) is 77.9 Å². The normalized spacial score (nSPS) is 20.2. The molecule has 0 radical (unpaired) electrons. The maximum atomic E-state index is 6.25. The van der Waals surface area contributed by atoms with E-state index in [0.29, 0.717) is 0 Å². The third-order valence-corrected chi connectivity index (χ3v) is 5.51. The molecule has 0 unspecified atom stereocenters. The van der Waals surface area contributed by atoms with Gasteiger partial charge in [-0.25, -0.2) is 0 Å². The molecule has 0 amide bonds. The van der Waals surface area contributed by atoms with Gasteiger partial charge < -0.3 is 13.3 Å². The molecule has 3 nitrogen and oxygen atoms in total. The maximum absolute atomic E-state index is 6.25. The van der Waals surface area contributed by atoms with Crippen LogP contribution < -0.4 is 0 Å². The lowest BCUT2D eigenvalue weighted by atomic mass is 9.87. The van der Waals surface area contributed by atoms with Gasteiger partial charge in [-0.3, -0.25) is 0 Å². The maximum Gasteiger partial charge on any atom is 0.117 e. The molecule has 6 bridgehead atoms. The second kappa shape index (κ2) is 4.47. The Morgan fingerprint density at radius 1 is 0.417 bits per heavy atom. The number of rotatable bonds is 0. The Morgan fingerprint density at radius 3 is 0.750 bits per heavy atom. The highest BCUT2D eigenvalue weighted by molar-refractivity contribution is 5.37. The van der Waals surface area contributed by atoms with Crippen LogP contribution in [0.2, 0.25) is 0 Å². The topological polar surface area (TPSA) is 39.4 Å². The number of hydrogen-bond acceptors (Lipinski definition) is 3. The fourth-order valence-electron chi connectivity index (χ4n) is 3.39. The Kier molecular flexibility index (Phi) is 2.86. The zero-order valence-corrected chi connectivity index (χ0v) is 15.2. The first-order valence-electron chi connectivity index (χ1n) is 8.46. The Morgan fingerprint density at radius 2 is 0.583 bits per heavy atom. The van der Waals surface area contributed by atoms with E-state index >= 15 is 0 Å². The predicted octanol–water partition coefficient (Wildman–Crippen LogP) is 5.76. The monoisotopic (exact) mass is 324 g/mol. The molecule has 3 aromatic rings. The molecule has 1 aliphatic rings. The van der Waals surface area contributed by atoms with Crippen LogP contribution in [0, 0.1) is 0 Å². The van der Waals surface area contributed by atoms with Crippen molar-refractivity contribution in [1.29, 1.82) is 0 Å². The van der Waals surface area contributed by atoms with Crippen molar-refractivity contribution >= 4 is 0 Å².